The summed E-state index contributed by atoms with van der Waals surface area (Å²) in [6.45, 7) is 8.53. The lowest BCUT2D eigenvalue weighted by Gasteiger charge is -2.43. The zero-order valence-electron chi connectivity index (χ0n) is 18.6. The van der Waals surface area contributed by atoms with Crippen molar-refractivity contribution in [2.24, 2.45) is 0 Å². The van der Waals surface area contributed by atoms with Gasteiger partial charge in [0.25, 0.3) is 5.69 Å². The number of ether oxygens (including phenoxy) is 2. The molecule has 1 aliphatic heterocycles. The van der Waals surface area contributed by atoms with E-state index in [9.17, 15) is 19.7 Å². The van der Waals surface area contributed by atoms with Gasteiger partial charge in [-0.25, -0.2) is 0 Å². The third kappa shape index (κ3) is 4.12. The highest BCUT2D eigenvalue weighted by molar-refractivity contribution is 6.15. The van der Waals surface area contributed by atoms with Gasteiger partial charge in [0.1, 0.15) is 40.3 Å². The molecule has 2 aromatic rings. The van der Waals surface area contributed by atoms with E-state index in [1.807, 2.05) is 6.92 Å². The largest absolute Gasteiger partial charge is 0.457 e. The average Bonchev–Trinajstić information content (AvgIpc) is 2.72. The van der Waals surface area contributed by atoms with Crippen LogP contribution in [0.25, 0.3) is 0 Å². The molecule has 0 bridgehead atoms. The second kappa shape index (κ2) is 8.17. The van der Waals surface area contributed by atoms with Crippen molar-refractivity contribution in [3.8, 4) is 17.6 Å². The van der Waals surface area contributed by atoms with Crippen LogP contribution in [0.1, 0.15) is 57.2 Å². The number of nitriles is 1. The van der Waals surface area contributed by atoms with E-state index in [-0.39, 0.29) is 28.6 Å². The Hall–Kier alpha value is -3.57. The fourth-order valence-electron chi connectivity index (χ4n) is 4.02. The van der Waals surface area contributed by atoms with Crippen molar-refractivity contribution in [3.63, 3.8) is 0 Å². The van der Waals surface area contributed by atoms with Crippen molar-refractivity contribution < 1.29 is 24.0 Å². The van der Waals surface area contributed by atoms with Crippen molar-refractivity contribution in [1.82, 2.24) is 0 Å². The normalized spacial score (nSPS) is 17.6. The number of hydrogen-bond acceptors (Lipinski definition) is 7. The van der Waals surface area contributed by atoms with E-state index in [1.54, 1.807) is 52.0 Å². The molecule has 0 radical (unpaired) electrons. The van der Waals surface area contributed by atoms with Crippen LogP contribution < -0.4 is 4.74 Å². The molecule has 0 spiro atoms. The molecule has 1 aliphatic rings. The monoisotopic (exact) mass is 436 g/mol. The number of benzene rings is 2. The third-order valence-electron chi connectivity index (χ3n) is 5.55. The number of nitro groups is 1. The first-order valence-corrected chi connectivity index (χ1v) is 10.2. The molecule has 2 aromatic carbocycles. The lowest BCUT2D eigenvalue weighted by molar-refractivity contribution is -0.385. The summed E-state index contributed by atoms with van der Waals surface area (Å²) < 4.78 is 11.6. The third-order valence-corrected chi connectivity index (χ3v) is 5.55. The van der Waals surface area contributed by atoms with Crippen LogP contribution in [-0.4, -0.2) is 27.7 Å². The van der Waals surface area contributed by atoms with Gasteiger partial charge >= 0.3 is 0 Å². The molecule has 0 saturated carbocycles. The fraction of sp³-hybridized carbons (Fsp3) is 0.375. The van der Waals surface area contributed by atoms with Crippen molar-refractivity contribution in [2.75, 3.05) is 0 Å². The zero-order valence-corrected chi connectivity index (χ0v) is 18.6. The summed E-state index contributed by atoms with van der Waals surface area (Å²) in [5.41, 5.74) is -1.37. The fourth-order valence-corrected chi connectivity index (χ4v) is 4.02. The van der Waals surface area contributed by atoms with Crippen molar-refractivity contribution in [1.29, 1.82) is 5.26 Å². The molecule has 8 heteroatoms. The lowest BCUT2D eigenvalue weighted by atomic mass is 9.73. The van der Waals surface area contributed by atoms with Crippen LogP contribution >= 0.6 is 0 Å². The maximum atomic E-state index is 13.2. The first-order chi connectivity index (χ1) is 14.9. The Morgan fingerprint density at radius 1 is 1.06 bits per heavy atom. The van der Waals surface area contributed by atoms with E-state index in [2.05, 4.69) is 0 Å². The molecular formula is C24H24N2O6. The van der Waals surface area contributed by atoms with Gasteiger partial charge in [0.15, 0.2) is 11.6 Å². The smallest absolute Gasteiger partial charge is 0.290 e. The average molecular weight is 436 g/mol. The number of Topliss-reactive ketones (excluding diaryl/α,β-unsaturated/α-hetero) is 2. The van der Waals surface area contributed by atoms with Gasteiger partial charge in [0, 0.05) is 0 Å². The van der Waals surface area contributed by atoms with Gasteiger partial charge in [-0.3, -0.25) is 19.7 Å². The molecule has 1 heterocycles. The number of ketones is 2. The maximum Gasteiger partial charge on any atom is 0.290 e. The summed E-state index contributed by atoms with van der Waals surface area (Å²) >= 11 is 0. The standard InChI is InChI=1S/C24H24N2O6/c1-6-14-7-9-16(31-17-10-8-15(13-25)19(12-17)26(29)30)11-18(14)20-21(27)23(2,3)32-24(4,5)22(20)28/h7-12,20H,6H2,1-5H3. The summed E-state index contributed by atoms with van der Waals surface area (Å²) in [6, 6.07) is 10.8. The van der Waals surface area contributed by atoms with Crippen LogP contribution in [0.3, 0.4) is 0 Å². The summed E-state index contributed by atoms with van der Waals surface area (Å²) in [5.74, 6) is -1.19. The van der Waals surface area contributed by atoms with Crippen LogP contribution in [0.4, 0.5) is 5.69 Å². The van der Waals surface area contributed by atoms with E-state index in [4.69, 9.17) is 14.7 Å². The second-order valence-electron chi connectivity index (χ2n) is 8.65. The minimum atomic E-state index is -1.14. The SMILES string of the molecule is CCc1ccc(Oc2ccc(C#N)c([N+](=O)[O-])c2)cc1C1C(=O)C(C)(C)OC(C)(C)C1=O. The number of aryl methyl sites for hydroxylation is 1. The van der Waals surface area contributed by atoms with Crippen LogP contribution in [0, 0.1) is 21.4 Å². The van der Waals surface area contributed by atoms with Crippen LogP contribution in [-0.2, 0) is 20.7 Å². The Morgan fingerprint density at radius 2 is 1.62 bits per heavy atom. The highest BCUT2D eigenvalue weighted by atomic mass is 16.6. The van der Waals surface area contributed by atoms with Crippen molar-refractivity contribution in [2.45, 2.75) is 58.2 Å². The predicted octanol–water partition coefficient (Wildman–Crippen LogP) is 4.63. The minimum Gasteiger partial charge on any atom is -0.457 e. The van der Waals surface area contributed by atoms with Gasteiger partial charge in [0.05, 0.1) is 11.0 Å². The molecule has 0 aromatic heterocycles. The highest BCUT2D eigenvalue weighted by Crippen LogP contribution is 2.41. The molecule has 1 saturated heterocycles. The molecule has 0 atom stereocenters. The van der Waals surface area contributed by atoms with E-state index in [0.29, 0.717) is 17.7 Å². The molecule has 32 heavy (non-hydrogen) atoms. The van der Waals surface area contributed by atoms with Crippen LogP contribution in [0.5, 0.6) is 11.5 Å². The highest BCUT2D eigenvalue weighted by Gasteiger charge is 2.53. The van der Waals surface area contributed by atoms with E-state index < -0.39 is 22.0 Å². The molecule has 0 N–H and O–H groups in total. The number of rotatable bonds is 5. The predicted molar refractivity (Wildman–Crippen MR) is 116 cm³/mol. The number of nitrogens with zero attached hydrogens (tertiary/aromatic N) is 2. The molecule has 0 aliphatic carbocycles. The van der Waals surface area contributed by atoms with Crippen LogP contribution in [0.15, 0.2) is 36.4 Å². The number of carbonyl (C=O) groups is 2. The van der Waals surface area contributed by atoms with E-state index in [1.165, 1.54) is 18.2 Å². The summed E-state index contributed by atoms with van der Waals surface area (Å²) in [5, 5.41) is 20.3. The number of carbonyl (C=O) groups excluding carboxylic acids is 2. The molecular weight excluding hydrogens is 412 g/mol. The molecule has 166 valence electrons. The first kappa shape index (κ1) is 23.1. The lowest BCUT2D eigenvalue weighted by Crippen LogP contribution is -2.58. The molecule has 1 fully saturated rings. The summed E-state index contributed by atoms with van der Waals surface area (Å²) in [7, 11) is 0. The van der Waals surface area contributed by atoms with E-state index >= 15 is 0 Å². The number of hydrogen-bond donors (Lipinski definition) is 0. The summed E-state index contributed by atoms with van der Waals surface area (Å²) in [6.07, 6.45) is 0.594. The Bertz CT molecular complexity index is 1130. The topological polar surface area (TPSA) is 120 Å². The van der Waals surface area contributed by atoms with E-state index in [0.717, 1.165) is 5.56 Å². The van der Waals surface area contributed by atoms with Gasteiger partial charge in [-0.05, 0) is 69.5 Å². The Balaban J connectivity index is 2.06. The minimum absolute atomic E-state index is 0.0766. The summed E-state index contributed by atoms with van der Waals surface area (Å²) in [4.78, 5) is 36.9. The second-order valence-corrected chi connectivity index (χ2v) is 8.65. The van der Waals surface area contributed by atoms with Gasteiger partial charge < -0.3 is 9.47 Å². The first-order valence-electron chi connectivity index (χ1n) is 10.2. The zero-order chi connectivity index (χ0) is 23.8. The maximum absolute atomic E-state index is 13.2. The molecule has 3 rings (SSSR count). The van der Waals surface area contributed by atoms with Crippen LogP contribution in [0.2, 0.25) is 0 Å². The van der Waals surface area contributed by atoms with Gasteiger partial charge in [-0.1, -0.05) is 13.0 Å². The van der Waals surface area contributed by atoms with Gasteiger partial charge in [-0.2, -0.15) is 5.26 Å². The Kier molecular flexibility index (Phi) is 5.90. The molecule has 0 unspecified atom stereocenters. The molecule has 8 nitrogen and oxygen atoms in total. The molecule has 0 amide bonds. The van der Waals surface area contributed by atoms with Crippen molar-refractivity contribution >= 4 is 17.3 Å². The van der Waals surface area contributed by atoms with Gasteiger partial charge in [0.2, 0.25) is 0 Å². The van der Waals surface area contributed by atoms with Crippen molar-refractivity contribution in [3.05, 3.63) is 63.2 Å². The van der Waals surface area contributed by atoms with Gasteiger partial charge in [-0.15, -0.1) is 0 Å². The number of nitro benzene ring substituents is 1. The Morgan fingerprint density at radius 3 is 2.16 bits per heavy atom. The quantitative estimate of drug-likeness (QED) is 0.381. The Labute approximate surface area is 185 Å².